The molecule has 2 aromatic rings. The fraction of sp³-hybridized carbons (Fsp3) is 0.500. The van der Waals surface area contributed by atoms with Crippen LogP contribution in [0, 0.1) is 13.8 Å². The number of aromatic nitrogens is 1. The number of carbonyl (C=O) groups is 1. The molecule has 0 saturated carbocycles. The fourth-order valence-electron chi connectivity index (χ4n) is 3.62. The van der Waals surface area contributed by atoms with E-state index in [4.69, 9.17) is 0 Å². The van der Waals surface area contributed by atoms with E-state index >= 15 is 0 Å². The molecule has 1 aromatic heterocycles. The van der Waals surface area contributed by atoms with Crippen LogP contribution >= 0.6 is 0 Å². The summed E-state index contributed by atoms with van der Waals surface area (Å²) in [5.41, 5.74) is 4.70. The van der Waals surface area contributed by atoms with Crippen LogP contribution in [0.1, 0.15) is 27.2 Å². The van der Waals surface area contributed by atoms with Gasteiger partial charge in [0.1, 0.15) is 0 Å². The Balaban J connectivity index is 1.99. The summed E-state index contributed by atoms with van der Waals surface area (Å²) in [4.78, 5) is 14.1. The Morgan fingerprint density at radius 1 is 1.26 bits per heavy atom. The molecule has 5 nitrogen and oxygen atoms in total. The van der Waals surface area contributed by atoms with Gasteiger partial charge in [-0.1, -0.05) is 0 Å². The van der Waals surface area contributed by atoms with Gasteiger partial charge in [-0.2, -0.15) is 0 Å². The third-order valence-electron chi connectivity index (χ3n) is 4.97. The van der Waals surface area contributed by atoms with Gasteiger partial charge >= 0.3 is 5.97 Å². The maximum atomic E-state index is 11.6. The average molecular weight is 315 g/mol. The van der Waals surface area contributed by atoms with Gasteiger partial charge in [-0.15, -0.1) is 0 Å². The maximum Gasteiger partial charge on any atom is 0.337 e. The van der Waals surface area contributed by atoms with E-state index in [-0.39, 0.29) is 0 Å². The number of aryl methyl sites for hydroxylation is 2. The lowest BCUT2D eigenvalue weighted by Gasteiger charge is -2.27. The second kappa shape index (κ2) is 6.34. The van der Waals surface area contributed by atoms with Crippen LogP contribution in [-0.4, -0.2) is 53.3 Å². The first-order valence-electron chi connectivity index (χ1n) is 8.24. The van der Waals surface area contributed by atoms with E-state index in [0.29, 0.717) is 5.56 Å². The normalized spacial score (nSPS) is 16.1. The van der Waals surface area contributed by atoms with Crippen LogP contribution in [0.25, 0.3) is 10.9 Å². The highest BCUT2D eigenvalue weighted by Gasteiger charge is 2.19. The van der Waals surface area contributed by atoms with E-state index in [1.54, 1.807) is 6.07 Å². The van der Waals surface area contributed by atoms with Gasteiger partial charge < -0.3 is 19.9 Å². The SMILES string of the molecule is Cc1cc(C(=O)O)c2c(c1)c(CCN1CCNCC1)c(C)n2C. The Kier molecular flexibility index (Phi) is 4.41. The van der Waals surface area contributed by atoms with Crippen LogP contribution in [0.4, 0.5) is 0 Å². The third-order valence-corrected chi connectivity index (χ3v) is 4.97. The predicted octanol–water partition coefficient (Wildman–Crippen LogP) is 1.94. The summed E-state index contributed by atoms with van der Waals surface area (Å²) in [6.07, 6.45) is 0.964. The Morgan fingerprint density at radius 2 is 1.96 bits per heavy atom. The van der Waals surface area contributed by atoms with Gasteiger partial charge in [0.15, 0.2) is 0 Å². The zero-order valence-electron chi connectivity index (χ0n) is 14.1. The Morgan fingerprint density at radius 3 is 2.61 bits per heavy atom. The predicted molar refractivity (Wildman–Crippen MR) is 92.4 cm³/mol. The van der Waals surface area contributed by atoms with Crippen molar-refractivity contribution in [2.24, 2.45) is 7.05 Å². The first-order valence-corrected chi connectivity index (χ1v) is 8.24. The highest BCUT2D eigenvalue weighted by atomic mass is 16.4. The number of piperazine rings is 1. The summed E-state index contributed by atoms with van der Waals surface area (Å²) >= 11 is 0. The summed E-state index contributed by atoms with van der Waals surface area (Å²) in [5, 5.41) is 14.0. The van der Waals surface area contributed by atoms with Crippen LogP contribution < -0.4 is 5.32 Å². The van der Waals surface area contributed by atoms with E-state index in [0.717, 1.165) is 55.6 Å². The van der Waals surface area contributed by atoms with Gasteiger partial charge in [0.05, 0.1) is 11.1 Å². The van der Waals surface area contributed by atoms with Crippen molar-refractivity contribution in [3.8, 4) is 0 Å². The largest absolute Gasteiger partial charge is 0.478 e. The number of rotatable bonds is 4. The summed E-state index contributed by atoms with van der Waals surface area (Å²) < 4.78 is 2.03. The van der Waals surface area contributed by atoms with Crippen molar-refractivity contribution < 1.29 is 9.90 Å². The Bertz CT molecular complexity index is 743. The fourth-order valence-corrected chi connectivity index (χ4v) is 3.62. The molecule has 0 bridgehead atoms. The van der Waals surface area contributed by atoms with E-state index in [1.807, 2.05) is 18.5 Å². The molecule has 23 heavy (non-hydrogen) atoms. The van der Waals surface area contributed by atoms with Gasteiger partial charge in [-0.25, -0.2) is 4.79 Å². The van der Waals surface area contributed by atoms with E-state index in [1.165, 1.54) is 11.3 Å². The molecule has 1 fully saturated rings. The van der Waals surface area contributed by atoms with Crippen molar-refractivity contribution in [1.29, 1.82) is 0 Å². The van der Waals surface area contributed by atoms with Crippen molar-refractivity contribution in [2.75, 3.05) is 32.7 Å². The average Bonchev–Trinajstić information content (AvgIpc) is 2.77. The minimum Gasteiger partial charge on any atom is -0.478 e. The number of hydrogen-bond acceptors (Lipinski definition) is 3. The number of benzene rings is 1. The Hall–Kier alpha value is -1.85. The lowest BCUT2D eigenvalue weighted by molar-refractivity contribution is 0.0698. The minimum atomic E-state index is -0.854. The quantitative estimate of drug-likeness (QED) is 0.905. The maximum absolute atomic E-state index is 11.6. The van der Waals surface area contributed by atoms with Gasteiger partial charge in [0, 0.05) is 50.9 Å². The highest BCUT2D eigenvalue weighted by molar-refractivity contribution is 6.04. The van der Waals surface area contributed by atoms with E-state index < -0.39 is 5.97 Å². The number of aromatic carboxylic acids is 1. The molecule has 2 N–H and O–H groups in total. The molecule has 3 rings (SSSR count). The van der Waals surface area contributed by atoms with Gasteiger partial charge in [-0.05, 0) is 43.5 Å². The zero-order chi connectivity index (χ0) is 16.6. The molecule has 0 unspecified atom stereocenters. The minimum absolute atomic E-state index is 0.402. The van der Waals surface area contributed by atoms with Crippen LogP contribution in [0.15, 0.2) is 12.1 Å². The topological polar surface area (TPSA) is 57.5 Å². The second-order valence-electron chi connectivity index (χ2n) is 6.48. The molecule has 5 heteroatoms. The molecular formula is C18H25N3O2. The summed E-state index contributed by atoms with van der Waals surface area (Å²) in [6, 6.07) is 3.89. The number of carboxylic acid groups (broad SMARTS) is 1. The van der Waals surface area contributed by atoms with Gasteiger partial charge in [0.25, 0.3) is 0 Å². The van der Waals surface area contributed by atoms with Crippen molar-refractivity contribution in [2.45, 2.75) is 20.3 Å². The van der Waals surface area contributed by atoms with Crippen LogP contribution in [0.3, 0.4) is 0 Å². The number of fused-ring (bicyclic) bond motifs is 1. The van der Waals surface area contributed by atoms with Crippen molar-refractivity contribution >= 4 is 16.9 Å². The molecular weight excluding hydrogens is 290 g/mol. The van der Waals surface area contributed by atoms with Crippen LogP contribution in [0.2, 0.25) is 0 Å². The van der Waals surface area contributed by atoms with Crippen molar-refractivity contribution in [1.82, 2.24) is 14.8 Å². The molecule has 1 aromatic carbocycles. The van der Waals surface area contributed by atoms with Gasteiger partial charge in [-0.3, -0.25) is 0 Å². The molecule has 1 aliphatic heterocycles. The molecule has 0 amide bonds. The molecule has 0 radical (unpaired) electrons. The second-order valence-corrected chi connectivity index (χ2v) is 6.48. The molecule has 1 aliphatic rings. The molecule has 124 valence electrons. The van der Waals surface area contributed by atoms with Crippen LogP contribution in [0.5, 0.6) is 0 Å². The number of carboxylic acids is 1. The first kappa shape index (κ1) is 16.0. The number of nitrogens with one attached hydrogen (secondary N) is 1. The standard InChI is InChI=1S/C18H25N3O2/c1-12-10-15-14(4-7-21-8-5-19-6-9-21)13(2)20(3)17(15)16(11-12)18(22)23/h10-11,19H,4-9H2,1-3H3,(H,22,23). The zero-order valence-corrected chi connectivity index (χ0v) is 14.1. The third kappa shape index (κ3) is 2.99. The number of nitrogens with zero attached hydrogens (tertiary/aromatic N) is 2. The molecule has 2 heterocycles. The van der Waals surface area contributed by atoms with E-state index in [2.05, 4.69) is 23.2 Å². The van der Waals surface area contributed by atoms with Crippen molar-refractivity contribution in [3.63, 3.8) is 0 Å². The summed E-state index contributed by atoms with van der Waals surface area (Å²) in [7, 11) is 1.97. The molecule has 1 saturated heterocycles. The molecule has 0 spiro atoms. The molecule has 0 aliphatic carbocycles. The smallest absolute Gasteiger partial charge is 0.337 e. The monoisotopic (exact) mass is 315 g/mol. The lowest BCUT2D eigenvalue weighted by atomic mass is 10.0. The van der Waals surface area contributed by atoms with Crippen molar-refractivity contribution in [3.05, 3.63) is 34.5 Å². The van der Waals surface area contributed by atoms with Gasteiger partial charge in [0.2, 0.25) is 0 Å². The lowest BCUT2D eigenvalue weighted by Crippen LogP contribution is -2.44. The Labute approximate surface area is 136 Å². The summed E-state index contributed by atoms with van der Waals surface area (Å²) in [5.74, 6) is -0.854. The highest BCUT2D eigenvalue weighted by Crippen LogP contribution is 2.29. The van der Waals surface area contributed by atoms with Crippen LogP contribution in [-0.2, 0) is 13.5 Å². The molecule has 0 atom stereocenters. The summed E-state index contributed by atoms with van der Waals surface area (Å²) in [6.45, 7) is 9.36. The number of hydrogen-bond donors (Lipinski definition) is 2. The van der Waals surface area contributed by atoms with E-state index in [9.17, 15) is 9.90 Å². The first-order chi connectivity index (χ1) is 11.0.